The number of allylic oxidation sites excluding steroid dienone is 2. The number of ketones is 1. The zero-order chi connectivity index (χ0) is 13.0. The van der Waals surface area contributed by atoms with Crippen LogP contribution in [0.5, 0.6) is 5.75 Å². The summed E-state index contributed by atoms with van der Waals surface area (Å²) in [4.78, 5) is 11.7. The van der Waals surface area contributed by atoms with Crippen LogP contribution in [0.3, 0.4) is 0 Å². The Morgan fingerprint density at radius 1 is 1.24 bits per heavy atom. The minimum absolute atomic E-state index is 0.139. The first-order valence-corrected chi connectivity index (χ1v) is 5.83. The van der Waals surface area contributed by atoms with Crippen molar-refractivity contribution in [3.05, 3.63) is 35.4 Å². The van der Waals surface area contributed by atoms with Crippen molar-refractivity contribution in [2.75, 3.05) is 7.11 Å². The molecule has 2 nitrogen and oxygen atoms in total. The molecule has 0 heterocycles. The molecule has 1 rings (SSSR count). The molecule has 17 heavy (non-hydrogen) atoms. The number of carbonyl (C=O) groups excluding carboxylic acids is 1. The van der Waals surface area contributed by atoms with Gasteiger partial charge in [0.2, 0.25) is 0 Å². The highest BCUT2D eigenvalue weighted by Gasteiger charge is 2.13. The van der Waals surface area contributed by atoms with Crippen molar-refractivity contribution in [2.24, 2.45) is 5.92 Å². The van der Waals surface area contributed by atoms with Crippen LogP contribution in [-0.2, 0) is 4.79 Å². The van der Waals surface area contributed by atoms with Crippen LogP contribution in [0, 0.1) is 5.92 Å². The van der Waals surface area contributed by atoms with Gasteiger partial charge < -0.3 is 4.74 Å². The van der Waals surface area contributed by atoms with E-state index in [4.69, 9.17) is 4.74 Å². The standard InChI is InChI=1S/C15H20O2/c1-10(2)15(12(4)16)11(3)13-7-6-8-14(9-13)17-5/h6-10H,1-5H3. The average molecular weight is 232 g/mol. The summed E-state index contributed by atoms with van der Waals surface area (Å²) in [6.45, 7) is 7.70. The third-order valence-corrected chi connectivity index (χ3v) is 2.86. The van der Waals surface area contributed by atoms with Gasteiger partial charge in [0.05, 0.1) is 7.11 Å². The fourth-order valence-corrected chi connectivity index (χ4v) is 2.12. The summed E-state index contributed by atoms with van der Waals surface area (Å²) in [5, 5.41) is 0. The highest BCUT2D eigenvalue weighted by molar-refractivity contribution is 6.01. The molecule has 2 heteroatoms. The molecule has 0 fully saturated rings. The van der Waals surface area contributed by atoms with E-state index in [1.54, 1.807) is 14.0 Å². The van der Waals surface area contributed by atoms with Gasteiger partial charge in [0, 0.05) is 5.57 Å². The summed E-state index contributed by atoms with van der Waals surface area (Å²) in [7, 11) is 1.65. The van der Waals surface area contributed by atoms with Gasteiger partial charge in [-0.05, 0) is 43.0 Å². The number of rotatable bonds is 4. The lowest BCUT2D eigenvalue weighted by molar-refractivity contribution is -0.113. The summed E-state index contributed by atoms with van der Waals surface area (Å²) in [6, 6.07) is 7.80. The molecule has 0 aliphatic carbocycles. The molecule has 1 aromatic carbocycles. The molecule has 0 aliphatic heterocycles. The zero-order valence-electron chi connectivity index (χ0n) is 11.2. The number of ether oxygens (including phenoxy) is 1. The molecule has 0 unspecified atom stereocenters. The van der Waals surface area contributed by atoms with Crippen molar-refractivity contribution in [3.8, 4) is 5.75 Å². The lowest BCUT2D eigenvalue weighted by atomic mass is 9.91. The summed E-state index contributed by atoms with van der Waals surface area (Å²) < 4.78 is 5.20. The van der Waals surface area contributed by atoms with E-state index >= 15 is 0 Å². The van der Waals surface area contributed by atoms with E-state index in [1.165, 1.54) is 0 Å². The van der Waals surface area contributed by atoms with Crippen molar-refractivity contribution in [1.29, 1.82) is 0 Å². The molecule has 0 spiro atoms. The second-order valence-corrected chi connectivity index (χ2v) is 4.48. The third kappa shape index (κ3) is 3.19. The summed E-state index contributed by atoms with van der Waals surface area (Å²) in [6.07, 6.45) is 0. The molecule has 0 saturated heterocycles. The van der Waals surface area contributed by atoms with Crippen LogP contribution < -0.4 is 4.74 Å². The Labute approximate surface area is 103 Å². The van der Waals surface area contributed by atoms with Gasteiger partial charge in [0.25, 0.3) is 0 Å². The summed E-state index contributed by atoms with van der Waals surface area (Å²) >= 11 is 0. The maximum Gasteiger partial charge on any atom is 0.156 e. The van der Waals surface area contributed by atoms with Crippen LogP contribution >= 0.6 is 0 Å². The normalized spacial score (nSPS) is 12.4. The summed E-state index contributed by atoms with van der Waals surface area (Å²) in [5.74, 6) is 1.19. The maximum atomic E-state index is 11.7. The molecular weight excluding hydrogens is 212 g/mol. The molecule has 0 bridgehead atoms. The molecule has 0 amide bonds. The van der Waals surface area contributed by atoms with Crippen molar-refractivity contribution >= 4 is 11.4 Å². The predicted octanol–water partition coefficient (Wildman–Crippen LogP) is 3.71. The topological polar surface area (TPSA) is 26.3 Å². The molecule has 1 aromatic rings. The highest BCUT2D eigenvalue weighted by Crippen LogP contribution is 2.26. The Balaban J connectivity index is 3.28. The fourth-order valence-electron chi connectivity index (χ4n) is 2.12. The number of carbonyl (C=O) groups is 1. The van der Waals surface area contributed by atoms with Gasteiger partial charge in [-0.3, -0.25) is 4.79 Å². The highest BCUT2D eigenvalue weighted by atomic mass is 16.5. The molecule has 0 atom stereocenters. The Bertz CT molecular complexity index is 442. The number of hydrogen-bond donors (Lipinski definition) is 0. The Morgan fingerprint density at radius 3 is 2.35 bits per heavy atom. The van der Waals surface area contributed by atoms with Crippen molar-refractivity contribution in [3.63, 3.8) is 0 Å². The van der Waals surface area contributed by atoms with E-state index in [9.17, 15) is 4.79 Å². The van der Waals surface area contributed by atoms with E-state index in [1.807, 2.05) is 45.0 Å². The molecule has 0 aliphatic rings. The van der Waals surface area contributed by atoms with E-state index in [2.05, 4.69) is 0 Å². The minimum Gasteiger partial charge on any atom is -0.497 e. The smallest absolute Gasteiger partial charge is 0.156 e. The first kappa shape index (κ1) is 13.5. The number of Topliss-reactive ketones (excluding diaryl/α,β-unsaturated/α-hetero) is 1. The van der Waals surface area contributed by atoms with E-state index in [0.29, 0.717) is 0 Å². The van der Waals surface area contributed by atoms with E-state index in [0.717, 1.165) is 22.5 Å². The van der Waals surface area contributed by atoms with Crippen LogP contribution in [0.15, 0.2) is 29.8 Å². The number of methoxy groups -OCH3 is 1. The maximum absolute atomic E-state index is 11.7. The SMILES string of the molecule is COc1cccc(C(C)=C(C(C)=O)C(C)C)c1. The van der Waals surface area contributed by atoms with Gasteiger partial charge >= 0.3 is 0 Å². The van der Waals surface area contributed by atoms with Gasteiger partial charge in [-0.25, -0.2) is 0 Å². The van der Waals surface area contributed by atoms with Crippen molar-refractivity contribution in [1.82, 2.24) is 0 Å². The Hall–Kier alpha value is -1.57. The largest absolute Gasteiger partial charge is 0.497 e. The molecule has 0 radical (unpaired) electrons. The van der Waals surface area contributed by atoms with Gasteiger partial charge in [0.1, 0.15) is 5.75 Å². The second kappa shape index (κ2) is 5.67. The summed E-state index contributed by atoms with van der Waals surface area (Å²) in [5.41, 5.74) is 2.97. The Kier molecular flexibility index (Phi) is 4.50. The lowest BCUT2D eigenvalue weighted by Gasteiger charge is -2.14. The minimum atomic E-state index is 0.139. The number of benzene rings is 1. The molecule has 0 N–H and O–H groups in total. The first-order valence-electron chi connectivity index (χ1n) is 5.83. The fraction of sp³-hybridized carbons (Fsp3) is 0.400. The first-order chi connectivity index (χ1) is 7.97. The van der Waals surface area contributed by atoms with Gasteiger partial charge in [0.15, 0.2) is 5.78 Å². The van der Waals surface area contributed by atoms with E-state index in [-0.39, 0.29) is 11.7 Å². The van der Waals surface area contributed by atoms with Gasteiger partial charge in [-0.15, -0.1) is 0 Å². The van der Waals surface area contributed by atoms with E-state index < -0.39 is 0 Å². The van der Waals surface area contributed by atoms with Gasteiger partial charge in [-0.1, -0.05) is 26.0 Å². The van der Waals surface area contributed by atoms with Crippen LogP contribution in [0.25, 0.3) is 5.57 Å². The molecule has 0 saturated carbocycles. The quantitative estimate of drug-likeness (QED) is 0.740. The third-order valence-electron chi connectivity index (χ3n) is 2.86. The van der Waals surface area contributed by atoms with Crippen LogP contribution in [-0.4, -0.2) is 12.9 Å². The Morgan fingerprint density at radius 2 is 1.88 bits per heavy atom. The van der Waals surface area contributed by atoms with Crippen molar-refractivity contribution < 1.29 is 9.53 Å². The monoisotopic (exact) mass is 232 g/mol. The second-order valence-electron chi connectivity index (χ2n) is 4.48. The number of hydrogen-bond acceptors (Lipinski definition) is 2. The average Bonchev–Trinajstić information content (AvgIpc) is 2.28. The van der Waals surface area contributed by atoms with Gasteiger partial charge in [-0.2, -0.15) is 0 Å². The van der Waals surface area contributed by atoms with Crippen LogP contribution in [0.2, 0.25) is 0 Å². The molecule has 92 valence electrons. The van der Waals surface area contributed by atoms with Crippen LogP contribution in [0.1, 0.15) is 33.3 Å². The molecule has 0 aromatic heterocycles. The lowest BCUT2D eigenvalue weighted by Crippen LogP contribution is -2.06. The molecular formula is C15H20O2. The van der Waals surface area contributed by atoms with Crippen molar-refractivity contribution in [2.45, 2.75) is 27.7 Å². The zero-order valence-corrected chi connectivity index (χ0v) is 11.2. The van der Waals surface area contributed by atoms with Crippen LogP contribution in [0.4, 0.5) is 0 Å². The predicted molar refractivity (Wildman–Crippen MR) is 71.1 cm³/mol.